The molecule has 2 amide bonds. The van der Waals surface area contributed by atoms with Crippen molar-refractivity contribution in [2.45, 2.75) is 65.5 Å². The van der Waals surface area contributed by atoms with E-state index < -0.39 is 18.0 Å². The zero-order chi connectivity index (χ0) is 19.3. The second-order valence-electron chi connectivity index (χ2n) is 8.06. The minimum Gasteiger partial charge on any atom is -0.480 e. The molecule has 3 atom stereocenters. The fourth-order valence-corrected chi connectivity index (χ4v) is 3.87. The zero-order valence-electron chi connectivity index (χ0n) is 15.2. The van der Waals surface area contributed by atoms with Gasteiger partial charge in [0.15, 0.2) is 0 Å². The third kappa shape index (κ3) is 7.05. The average Bonchev–Trinajstić information content (AvgIpc) is 2.42. The monoisotopic (exact) mass is 353 g/mol. The number of nitrogens with one attached hydrogen (secondary N) is 2. The summed E-state index contributed by atoms with van der Waals surface area (Å²) in [5.74, 6) is -1.57. The molecule has 0 spiro atoms. The minimum absolute atomic E-state index is 0.0333. The quantitative estimate of drug-likeness (QED) is 0.474. The third-order valence-corrected chi connectivity index (χ3v) is 4.43. The molecular formula is C17H27N3O5. The highest BCUT2D eigenvalue weighted by atomic mass is 16.4. The van der Waals surface area contributed by atoms with Gasteiger partial charge in [-0.25, -0.2) is 19.4 Å². The second-order valence-corrected chi connectivity index (χ2v) is 8.06. The molecule has 0 heterocycles. The Morgan fingerprint density at radius 3 is 2.44 bits per heavy atom. The van der Waals surface area contributed by atoms with E-state index in [9.17, 15) is 19.2 Å². The number of Topliss-reactive ketones (excluding diaryl/α,β-unsaturated/α-hetero) is 1. The number of aliphatic carboxylic acids is 1. The van der Waals surface area contributed by atoms with Crippen LogP contribution in [0.3, 0.4) is 0 Å². The number of carboxylic acid groups (broad SMARTS) is 1. The molecule has 1 aliphatic rings. The largest absolute Gasteiger partial charge is 0.480 e. The molecule has 1 saturated carbocycles. The van der Waals surface area contributed by atoms with Crippen LogP contribution in [0.1, 0.15) is 53.4 Å². The van der Waals surface area contributed by atoms with Gasteiger partial charge in [-0.05, 0) is 37.0 Å². The number of carbonyl (C=O) groups excluding carboxylic acids is 3. The number of amides is 2. The number of hydrogen-bond acceptors (Lipinski definition) is 5. The summed E-state index contributed by atoms with van der Waals surface area (Å²) < 4.78 is 0. The van der Waals surface area contributed by atoms with Crippen molar-refractivity contribution in [1.29, 1.82) is 0 Å². The first-order valence-corrected chi connectivity index (χ1v) is 8.30. The third-order valence-electron chi connectivity index (χ3n) is 4.43. The van der Waals surface area contributed by atoms with Crippen molar-refractivity contribution in [1.82, 2.24) is 10.6 Å². The van der Waals surface area contributed by atoms with E-state index in [2.05, 4.69) is 29.5 Å². The lowest BCUT2D eigenvalue weighted by molar-refractivity contribution is -0.140. The highest BCUT2D eigenvalue weighted by Crippen LogP contribution is 2.46. The van der Waals surface area contributed by atoms with Crippen molar-refractivity contribution in [3.8, 4) is 0 Å². The van der Waals surface area contributed by atoms with Crippen molar-refractivity contribution in [3.63, 3.8) is 0 Å². The van der Waals surface area contributed by atoms with Gasteiger partial charge in [-0.1, -0.05) is 20.8 Å². The molecule has 8 nitrogen and oxygen atoms in total. The number of ketones is 1. The molecule has 0 aromatic carbocycles. The van der Waals surface area contributed by atoms with E-state index in [-0.39, 0.29) is 29.1 Å². The zero-order valence-corrected chi connectivity index (χ0v) is 15.2. The molecule has 0 aromatic heterocycles. The second kappa shape index (κ2) is 8.25. The smallest absolute Gasteiger partial charge is 0.326 e. The number of aliphatic imine (C=N–C) groups is 1. The van der Waals surface area contributed by atoms with Crippen LogP contribution in [0.15, 0.2) is 4.99 Å². The Balaban J connectivity index is 2.67. The first-order valence-electron chi connectivity index (χ1n) is 8.30. The van der Waals surface area contributed by atoms with Crippen LogP contribution in [0.25, 0.3) is 0 Å². The van der Waals surface area contributed by atoms with Gasteiger partial charge in [0.2, 0.25) is 6.08 Å². The predicted octanol–water partition coefficient (Wildman–Crippen LogP) is 1.64. The standard InChI is InChI=1S/C17H27N3O5/c1-11(22)5-13(14(23)24)20-15(25)18-9-17(4)7-12(19-10-21)6-16(2,3)8-17/h12-13H,5-9H2,1-4H3,(H,23,24)(H2,18,20,25). The number of carbonyl (C=O) groups is 3. The van der Waals surface area contributed by atoms with E-state index in [0.29, 0.717) is 13.0 Å². The van der Waals surface area contributed by atoms with Gasteiger partial charge in [-0.3, -0.25) is 4.79 Å². The Labute approximate surface area is 147 Å². The SMILES string of the molecule is CC(=O)CC(NC(=O)NCC1(C)CC(N=C=O)CC(C)(C)C1)C(=O)O. The predicted molar refractivity (Wildman–Crippen MR) is 90.9 cm³/mol. The molecular weight excluding hydrogens is 326 g/mol. The molecule has 25 heavy (non-hydrogen) atoms. The fraction of sp³-hybridized carbons (Fsp3) is 0.765. The molecule has 0 aromatic rings. The van der Waals surface area contributed by atoms with E-state index >= 15 is 0 Å². The maximum atomic E-state index is 12.0. The summed E-state index contributed by atoms with van der Waals surface area (Å²) in [6.07, 6.45) is 3.61. The molecule has 1 fully saturated rings. The van der Waals surface area contributed by atoms with E-state index in [0.717, 1.165) is 12.8 Å². The number of carboxylic acids is 1. The molecule has 3 unspecified atom stereocenters. The lowest BCUT2D eigenvalue weighted by Gasteiger charge is -2.45. The number of rotatable bonds is 7. The molecule has 3 N–H and O–H groups in total. The van der Waals surface area contributed by atoms with Crippen molar-refractivity contribution >= 4 is 23.9 Å². The maximum absolute atomic E-state index is 12.0. The van der Waals surface area contributed by atoms with Gasteiger partial charge in [-0.15, -0.1) is 0 Å². The summed E-state index contributed by atoms with van der Waals surface area (Å²) >= 11 is 0. The van der Waals surface area contributed by atoms with E-state index in [1.54, 1.807) is 6.08 Å². The summed E-state index contributed by atoms with van der Waals surface area (Å²) in [5.41, 5.74) is -0.308. The lowest BCUT2D eigenvalue weighted by Crippen LogP contribution is -2.50. The number of isocyanates is 1. The first kappa shape index (κ1) is 20.8. The lowest BCUT2D eigenvalue weighted by atomic mass is 9.63. The van der Waals surface area contributed by atoms with Gasteiger partial charge in [0, 0.05) is 13.0 Å². The molecule has 1 aliphatic carbocycles. The van der Waals surface area contributed by atoms with Crippen LogP contribution in [-0.4, -0.2) is 47.6 Å². The van der Waals surface area contributed by atoms with Crippen molar-refractivity contribution in [3.05, 3.63) is 0 Å². The molecule has 0 aliphatic heterocycles. The maximum Gasteiger partial charge on any atom is 0.326 e. The Morgan fingerprint density at radius 1 is 1.28 bits per heavy atom. The Kier molecular flexibility index (Phi) is 6.87. The Hall–Kier alpha value is -2.21. The normalized spacial score (nSPS) is 26.0. The number of nitrogens with zero attached hydrogens (tertiary/aromatic N) is 1. The van der Waals surface area contributed by atoms with Crippen LogP contribution in [0.2, 0.25) is 0 Å². The molecule has 0 bridgehead atoms. The van der Waals surface area contributed by atoms with E-state index in [1.165, 1.54) is 6.92 Å². The fourth-order valence-electron chi connectivity index (χ4n) is 3.87. The highest BCUT2D eigenvalue weighted by molar-refractivity contribution is 5.88. The van der Waals surface area contributed by atoms with Crippen LogP contribution in [-0.2, 0) is 14.4 Å². The van der Waals surface area contributed by atoms with Crippen LogP contribution in [0, 0.1) is 10.8 Å². The summed E-state index contributed by atoms with van der Waals surface area (Å²) in [5, 5.41) is 14.0. The van der Waals surface area contributed by atoms with Crippen LogP contribution < -0.4 is 10.6 Å². The van der Waals surface area contributed by atoms with Gasteiger partial charge in [0.1, 0.15) is 11.8 Å². The van der Waals surface area contributed by atoms with Gasteiger partial charge >= 0.3 is 12.0 Å². The van der Waals surface area contributed by atoms with E-state index in [4.69, 9.17) is 5.11 Å². The van der Waals surface area contributed by atoms with Gasteiger partial charge in [0.05, 0.1) is 6.04 Å². The summed E-state index contributed by atoms with van der Waals surface area (Å²) in [6, 6.07) is -2.02. The summed E-state index contributed by atoms with van der Waals surface area (Å²) in [6.45, 7) is 7.77. The van der Waals surface area contributed by atoms with Crippen LogP contribution in [0.4, 0.5) is 4.79 Å². The van der Waals surface area contributed by atoms with E-state index in [1.807, 2.05) is 6.92 Å². The van der Waals surface area contributed by atoms with Crippen molar-refractivity contribution in [2.75, 3.05) is 6.54 Å². The van der Waals surface area contributed by atoms with Gasteiger partial charge in [-0.2, -0.15) is 0 Å². The molecule has 0 radical (unpaired) electrons. The van der Waals surface area contributed by atoms with Crippen LogP contribution >= 0.6 is 0 Å². The van der Waals surface area contributed by atoms with Gasteiger partial charge in [0.25, 0.3) is 0 Å². The highest BCUT2D eigenvalue weighted by Gasteiger charge is 2.41. The van der Waals surface area contributed by atoms with Crippen molar-refractivity contribution in [2.24, 2.45) is 15.8 Å². The molecule has 140 valence electrons. The molecule has 0 saturated heterocycles. The average molecular weight is 353 g/mol. The Bertz CT molecular complexity index is 583. The van der Waals surface area contributed by atoms with Crippen LogP contribution in [0.5, 0.6) is 0 Å². The minimum atomic E-state index is -1.25. The molecule has 1 rings (SSSR count). The Morgan fingerprint density at radius 2 is 1.92 bits per heavy atom. The first-order chi connectivity index (χ1) is 11.5. The number of urea groups is 1. The topological polar surface area (TPSA) is 125 Å². The number of hydrogen-bond donors (Lipinski definition) is 3. The summed E-state index contributed by atoms with van der Waals surface area (Å²) in [7, 11) is 0. The van der Waals surface area contributed by atoms with Crippen molar-refractivity contribution < 1.29 is 24.3 Å². The summed E-state index contributed by atoms with van der Waals surface area (Å²) in [4.78, 5) is 48.6. The van der Waals surface area contributed by atoms with Gasteiger partial charge < -0.3 is 15.7 Å². The molecule has 8 heteroatoms.